The van der Waals surface area contributed by atoms with Crippen molar-refractivity contribution in [3.8, 4) is 0 Å². The van der Waals surface area contributed by atoms with E-state index in [0.29, 0.717) is 25.5 Å². The molecule has 2 N–H and O–H groups in total. The van der Waals surface area contributed by atoms with Gasteiger partial charge in [-0.3, -0.25) is 4.79 Å². The number of anilines is 1. The van der Waals surface area contributed by atoms with Gasteiger partial charge in [0.2, 0.25) is 11.9 Å². The molecular weight excluding hydrogens is 322 g/mol. The van der Waals surface area contributed by atoms with Crippen molar-refractivity contribution in [2.75, 3.05) is 18.4 Å². The SMILES string of the molecule is O=C(CC(c1ccsc1)n1cccc1)NCCNc1ncccn1. The highest BCUT2D eigenvalue weighted by atomic mass is 32.1. The lowest BCUT2D eigenvalue weighted by molar-refractivity contribution is -0.121. The smallest absolute Gasteiger partial charge is 0.222 e. The van der Waals surface area contributed by atoms with E-state index < -0.39 is 0 Å². The van der Waals surface area contributed by atoms with Crippen molar-refractivity contribution in [2.45, 2.75) is 12.5 Å². The second-order valence-corrected chi connectivity index (χ2v) is 6.04. The molecule has 7 heteroatoms. The number of hydrogen-bond donors (Lipinski definition) is 2. The van der Waals surface area contributed by atoms with Gasteiger partial charge in [-0.15, -0.1) is 0 Å². The maximum absolute atomic E-state index is 12.3. The van der Waals surface area contributed by atoms with Crippen LogP contribution in [0.25, 0.3) is 0 Å². The second-order valence-electron chi connectivity index (χ2n) is 5.26. The number of amides is 1. The molecule has 0 saturated heterocycles. The van der Waals surface area contributed by atoms with Gasteiger partial charge in [-0.1, -0.05) is 0 Å². The van der Waals surface area contributed by atoms with Gasteiger partial charge in [-0.05, 0) is 40.6 Å². The van der Waals surface area contributed by atoms with E-state index in [1.807, 2.05) is 29.9 Å². The standard InChI is InChI=1S/C17H19N5OS/c23-16(18-7-8-21-17-19-5-3-6-20-17)12-15(14-4-11-24-13-14)22-9-1-2-10-22/h1-6,9-11,13,15H,7-8,12H2,(H,18,23)(H,19,20,21). The predicted molar refractivity (Wildman–Crippen MR) is 95.0 cm³/mol. The number of aromatic nitrogens is 3. The highest BCUT2D eigenvalue weighted by Crippen LogP contribution is 2.24. The molecule has 6 nitrogen and oxygen atoms in total. The summed E-state index contributed by atoms with van der Waals surface area (Å²) in [6.45, 7) is 1.11. The second kappa shape index (κ2) is 8.26. The first-order chi connectivity index (χ1) is 11.8. The number of rotatable bonds is 8. The van der Waals surface area contributed by atoms with Crippen LogP contribution in [0.15, 0.2) is 59.8 Å². The quantitative estimate of drug-likeness (QED) is 0.618. The first kappa shape index (κ1) is 16.2. The van der Waals surface area contributed by atoms with Gasteiger partial charge in [0.15, 0.2) is 0 Å². The molecule has 124 valence electrons. The Morgan fingerprint density at radius 2 is 1.96 bits per heavy atom. The third kappa shape index (κ3) is 4.42. The van der Waals surface area contributed by atoms with E-state index in [1.165, 1.54) is 0 Å². The molecule has 1 atom stereocenters. The summed E-state index contributed by atoms with van der Waals surface area (Å²) in [6, 6.07) is 7.80. The Labute approximate surface area is 144 Å². The fraction of sp³-hybridized carbons (Fsp3) is 0.235. The lowest BCUT2D eigenvalue weighted by atomic mass is 10.1. The molecule has 24 heavy (non-hydrogen) atoms. The van der Waals surface area contributed by atoms with Crippen LogP contribution in [0.3, 0.4) is 0 Å². The molecular formula is C17H19N5OS. The Kier molecular flexibility index (Phi) is 5.57. The van der Waals surface area contributed by atoms with Crippen molar-refractivity contribution in [1.29, 1.82) is 0 Å². The molecule has 0 aliphatic carbocycles. The normalized spacial score (nSPS) is 11.8. The molecule has 0 aliphatic rings. The van der Waals surface area contributed by atoms with E-state index in [-0.39, 0.29) is 11.9 Å². The average molecular weight is 341 g/mol. The fourth-order valence-corrected chi connectivity index (χ4v) is 3.14. The van der Waals surface area contributed by atoms with Gasteiger partial charge in [0.25, 0.3) is 0 Å². The number of carbonyl (C=O) groups is 1. The minimum absolute atomic E-state index is 0.0238. The van der Waals surface area contributed by atoms with Crippen molar-refractivity contribution in [1.82, 2.24) is 19.9 Å². The first-order valence-corrected chi connectivity index (χ1v) is 8.69. The zero-order chi connectivity index (χ0) is 16.6. The van der Waals surface area contributed by atoms with Gasteiger partial charge in [0, 0.05) is 37.9 Å². The van der Waals surface area contributed by atoms with E-state index >= 15 is 0 Å². The maximum Gasteiger partial charge on any atom is 0.222 e. The van der Waals surface area contributed by atoms with Crippen molar-refractivity contribution >= 4 is 23.2 Å². The molecule has 0 radical (unpaired) electrons. The van der Waals surface area contributed by atoms with E-state index in [2.05, 4.69) is 36.6 Å². The van der Waals surface area contributed by atoms with Crippen molar-refractivity contribution in [3.05, 3.63) is 65.4 Å². The summed E-state index contributed by atoms with van der Waals surface area (Å²) in [5.74, 6) is 0.589. The van der Waals surface area contributed by atoms with Crippen LogP contribution in [0.1, 0.15) is 18.0 Å². The average Bonchev–Trinajstić information content (AvgIpc) is 3.31. The molecule has 3 rings (SSSR count). The van der Waals surface area contributed by atoms with E-state index in [4.69, 9.17) is 0 Å². The summed E-state index contributed by atoms with van der Waals surface area (Å²) in [4.78, 5) is 20.4. The lowest BCUT2D eigenvalue weighted by Crippen LogP contribution is -2.31. The number of nitrogens with one attached hydrogen (secondary N) is 2. The van der Waals surface area contributed by atoms with Crippen LogP contribution in [-0.2, 0) is 4.79 Å². The van der Waals surface area contributed by atoms with E-state index in [0.717, 1.165) is 5.56 Å². The van der Waals surface area contributed by atoms with Gasteiger partial charge in [0.05, 0.1) is 12.5 Å². The molecule has 0 aliphatic heterocycles. The maximum atomic E-state index is 12.3. The van der Waals surface area contributed by atoms with Crippen molar-refractivity contribution in [3.63, 3.8) is 0 Å². The van der Waals surface area contributed by atoms with Gasteiger partial charge in [-0.25, -0.2) is 9.97 Å². The fourth-order valence-electron chi connectivity index (χ4n) is 2.43. The summed E-state index contributed by atoms with van der Waals surface area (Å²) in [6.07, 6.45) is 7.74. The van der Waals surface area contributed by atoms with E-state index in [9.17, 15) is 4.79 Å². The zero-order valence-corrected chi connectivity index (χ0v) is 13.9. The van der Waals surface area contributed by atoms with Gasteiger partial charge in [-0.2, -0.15) is 11.3 Å². The van der Waals surface area contributed by atoms with Gasteiger partial charge < -0.3 is 15.2 Å². The Balaban J connectivity index is 1.49. The summed E-state index contributed by atoms with van der Waals surface area (Å²) >= 11 is 1.64. The van der Waals surface area contributed by atoms with Gasteiger partial charge >= 0.3 is 0 Å². The highest BCUT2D eigenvalue weighted by molar-refractivity contribution is 7.08. The molecule has 0 fully saturated rings. The summed E-state index contributed by atoms with van der Waals surface area (Å²) in [5, 5.41) is 10.1. The molecule has 0 bridgehead atoms. The Bertz CT molecular complexity index is 693. The molecule has 1 amide bonds. The van der Waals surface area contributed by atoms with Crippen molar-refractivity contribution in [2.24, 2.45) is 0 Å². The lowest BCUT2D eigenvalue weighted by Gasteiger charge is -2.18. The van der Waals surface area contributed by atoms with Gasteiger partial charge in [0.1, 0.15) is 0 Å². The van der Waals surface area contributed by atoms with Crippen LogP contribution < -0.4 is 10.6 Å². The Hall–Kier alpha value is -2.67. The van der Waals surface area contributed by atoms with Crippen LogP contribution in [-0.4, -0.2) is 33.5 Å². The van der Waals surface area contributed by atoms with Crippen LogP contribution in [0, 0.1) is 0 Å². The number of thiophene rings is 1. The third-order valence-electron chi connectivity index (χ3n) is 3.59. The van der Waals surface area contributed by atoms with Crippen LogP contribution >= 0.6 is 11.3 Å². The number of nitrogens with zero attached hydrogens (tertiary/aromatic N) is 3. The molecule has 3 aromatic heterocycles. The largest absolute Gasteiger partial charge is 0.354 e. The Morgan fingerprint density at radius 3 is 2.67 bits per heavy atom. The molecule has 0 saturated carbocycles. The molecule has 0 aromatic carbocycles. The first-order valence-electron chi connectivity index (χ1n) is 7.75. The summed E-state index contributed by atoms with van der Waals surface area (Å²) < 4.78 is 2.07. The third-order valence-corrected chi connectivity index (χ3v) is 4.29. The van der Waals surface area contributed by atoms with Crippen LogP contribution in [0.5, 0.6) is 0 Å². The molecule has 1 unspecified atom stereocenters. The molecule has 3 aromatic rings. The number of hydrogen-bond acceptors (Lipinski definition) is 5. The zero-order valence-electron chi connectivity index (χ0n) is 13.1. The monoisotopic (exact) mass is 341 g/mol. The van der Waals surface area contributed by atoms with Crippen molar-refractivity contribution < 1.29 is 4.79 Å². The molecule has 3 heterocycles. The minimum Gasteiger partial charge on any atom is -0.354 e. The summed E-state index contributed by atoms with van der Waals surface area (Å²) in [5.41, 5.74) is 1.15. The highest BCUT2D eigenvalue weighted by Gasteiger charge is 2.17. The van der Waals surface area contributed by atoms with Crippen LogP contribution in [0.4, 0.5) is 5.95 Å². The predicted octanol–water partition coefficient (Wildman–Crippen LogP) is 2.55. The van der Waals surface area contributed by atoms with Crippen LogP contribution in [0.2, 0.25) is 0 Å². The minimum atomic E-state index is 0.0238. The van der Waals surface area contributed by atoms with E-state index in [1.54, 1.807) is 29.8 Å². The number of carbonyl (C=O) groups excluding carboxylic acids is 1. The topological polar surface area (TPSA) is 71.8 Å². The Morgan fingerprint density at radius 1 is 1.17 bits per heavy atom. The molecule has 0 spiro atoms. The summed E-state index contributed by atoms with van der Waals surface area (Å²) in [7, 11) is 0.